The van der Waals surface area contributed by atoms with E-state index in [1.807, 2.05) is 17.5 Å². The molecule has 0 radical (unpaired) electrons. The van der Waals surface area contributed by atoms with Crippen LogP contribution in [0.15, 0.2) is 41.1 Å². The molecule has 0 spiro atoms. The lowest BCUT2D eigenvalue weighted by Crippen LogP contribution is -2.27. The summed E-state index contributed by atoms with van der Waals surface area (Å²) in [5.41, 5.74) is 2.05. The van der Waals surface area contributed by atoms with Crippen molar-refractivity contribution >= 4 is 40.4 Å². The Morgan fingerprint density at radius 1 is 1.24 bits per heavy atom. The maximum Gasteiger partial charge on any atom is 0.252 e. The molecule has 1 aliphatic heterocycles. The summed E-state index contributed by atoms with van der Waals surface area (Å²) in [4.78, 5) is 37.4. The second-order valence-electron chi connectivity index (χ2n) is 5.77. The third-order valence-corrected chi connectivity index (χ3v) is 4.62. The van der Waals surface area contributed by atoms with Crippen LogP contribution in [0.25, 0.3) is 0 Å². The topological polar surface area (TPSA) is 78.5 Å². The first-order chi connectivity index (χ1) is 12.1. The van der Waals surface area contributed by atoms with Crippen molar-refractivity contribution in [2.75, 3.05) is 23.3 Å². The molecule has 2 aromatic rings. The van der Waals surface area contributed by atoms with E-state index in [-0.39, 0.29) is 30.7 Å². The van der Waals surface area contributed by atoms with Gasteiger partial charge in [0, 0.05) is 48.2 Å². The van der Waals surface area contributed by atoms with E-state index in [1.165, 1.54) is 11.3 Å². The molecule has 2 heterocycles. The summed E-state index contributed by atoms with van der Waals surface area (Å²) in [7, 11) is 0. The highest BCUT2D eigenvalue weighted by Gasteiger charge is 2.21. The second-order valence-corrected chi connectivity index (χ2v) is 6.55. The lowest BCUT2D eigenvalue weighted by atomic mass is 10.2. The summed E-state index contributed by atoms with van der Waals surface area (Å²) in [6.45, 7) is 0.982. The third-order valence-electron chi connectivity index (χ3n) is 3.94. The van der Waals surface area contributed by atoms with E-state index in [0.29, 0.717) is 24.2 Å². The standard InChI is InChI=1S/C18H19N3O3S/c22-16(6-8-19-18(24)13-7-10-25-12-13)20-14-3-1-4-15(11-14)21-9-2-5-17(21)23/h1,3-4,7,10-12H,2,5-6,8-9H2,(H,19,24)(H,20,22). The van der Waals surface area contributed by atoms with Gasteiger partial charge in [-0.25, -0.2) is 0 Å². The number of amides is 3. The fourth-order valence-electron chi connectivity index (χ4n) is 2.68. The van der Waals surface area contributed by atoms with Crippen LogP contribution in [0.5, 0.6) is 0 Å². The molecule has 25 heavy (non-hydrogen) atoms. The Balaban J connectivity index is 1.49. The molecule has 1 saturated heterocycles. The molecule has 0 saturated carbocycles. The quantitative estimate of drug-likeness (QED) is 0.834. The lowest BCUT2D eigenvalue weighted by Gasteiger charge is -2.16. The van der Waals surface area contributed by atoms with E-state index in [2.05, 4.69) is 10.6 Å². The van der Waals surface area contributed by atoms with Crippen molar-refractivity contribution in [3.63, 3.8) is 0 Å². The van der Waals surface area contributed by atoms with Crippen LogP contribution in [0.3, 0.4) is 0 Å². The van der Waals surface area contributed by atoms with Gasteiger partial charge in [-0.2, -0.15) is 11.3 Å². The molecule has 3 rings (SSSR count). The maximum atomic E-state index is 12.0. The normalized spacial score (nSPS) is 13.8. The predicted octanol–water partition coefficient (Wildman–Crippen LogP) is 2.63. The number of carbonyl (C=O) groups is 3. The van der Waals surface area contributed by atoms with Crippen LogP contribution in [0.2, 0.25) is 0 Å². The van der Waals surface area contributed by atoms with Gasteiger partial charge in [0.25, 0.3) is 5.91 Å². The van der Waals surface area contributed by atoms with Crippen LogP contribution in [-0.4, -0.2) is 30.8 Å². The van der Waals surface area contributed by atoms with Gasteiger partial charge in [-0.1, -0.05) is 6.07 Å². The molecule has 1 aromatic carbocycles. The number of nitrogens with zero attached hydrogens (tertiary/aromatic N) is 1. The van der Waals surface area contributed by atoms with Crippen molar-refractivity contribution in [1.82, 2.24) is 5.32 Å². The molecular weight excluding hydrogens is 338 g/mol. The number of benzene rings is 1. The van der Waals surface area contributed by atoms with Crippen molar-refractivity contribution in [2.24, 2.45) is 0 Å². The smallest absolute Gasteiger partial charge is 0.252 e. The molecule has 0 bridgehead atoms. The molecule has 1 aromatic heterocycles. The highest BCUT2D eigenvalue weighted by Crippen LogP contribution is 2.24. The van der Waals surface area contributed by atoms with Crippen molar-refractivity contribution < 1.29 is 14.4 Å². The summed E-state index contributed by atoms with van der Waals surface area (Å²) in [5.74, 6) is -0.251. The number of rotatable bonds is 6. The summed E-state index contributed by atoms with van der Waals surface area (Å²) in [6, 6.07) is 9.00. The minimum Gasteiger partial charge on any atom is -0.351 e. The SMILES string of the molecule is O=C(CCNC(=O)c1ccsc1)Nc1cccc(N2CCCC2=O)c1. The van der Waals surface area contributed by atoms with Crippen molar-refractivity contribution in [1.29, 1.82) is 0 Å². The highest BCUT2D eigenvalue weighted by atomic mass is 32.1. The van der Waals surface area contributed by atoms with Gasteiger partial charge in [-0.15, -0.1) is 0 Å². The van der Waals surface area contributed by atoms with Crippen LogP contribution < -0.4 is 15.5 Å². The van der Waals surface area contributed by atoms with Crippen LogP contribution in [0.4, 0.5) is 11.4 Å². The summed E-state index contributed by atoms with van der Waals surface area (Å²) in [5, 5.41) is 9.12. The van der Waals surface area contributed by atoms with E-state index in [4.69, 9.17) is 0 Å². The van der Waals surface area contributed by atoms with Crippen molar-refractivity contribution in [3.05, 3.63) is 46.7 Å². The Labute approximate surface area is 149 Å². The predicted molar refractivity (Wildman–Crippen MR) is 97.9 cm³/mol. The summed E-state index contributed by atoms with van der Waals surface area (Å²) >= 11 is 1.45. The Morgan fingerprint density at radius 3 is 2.84 bits per heavy atom. The average molecular weight is 357 g/mol. The number of hydrogen-bond donors (Lipinski definition) is 2. The minimum absolute atomic E-state index is 0.111. The third kappa shape index (κ3) is 4.45. The molecule has 130 valence electrons. The first-order valence-electron chi connectivity index (χ1n) is 8.14. The zero-order chi connectivity index (χ0) is 17.6. The molecule has 2 N–H and O–H groups in total. The molecule has 1 aliphatic rings. The number of thiophene rings is 1. The van der Waals surface area contributed by atoms with Gasteiger partial charge >= 0.3 is 0 Å². The molecule has 6 nitrogen and oxygen atoms in total. The van der Waals surface area contributed by atoms with Gasteiger partial charge in [-0.3, -0.25) is 14.4 Å². The van der Waals surface area contributed by atoms with E-state index < -0.39 is 0 Å². The number of hydrogen-bond acceptors (Lipinski definition) is 4. The number of nitrogens with one attached hydrogen (secondary N) is 2. The molecular formula is C18H19N3O3S. The average Bonchev–Trinajstić information content (AvgIpc) is 3.26. The Bertz CT molecular complexity index is 774. The second kappa shape index (κ2) is 7.94. The fraction of sp³-hybridized carbons (Fsp3) is 0.278. The first-order valence-corrected chi connectivity index (χ1v) is 9.08. The van der Waals surface area contributed by atoms with Crippen LogP contribution in [-0.2, 0) is 9.59 Å². The molecule has 0 unspecified atom stereocenters. The molecule has 0 atom stereocenters. The molecule has 7 heteroatoms. The van der Waals surface area contributed by atoms with Gasteiger partial charge in [0.15, 0.2) is 0 Å². The molecule has 0 aliphatic carbocycles. The van der Waals surface area contributed by atoms with Gasteiger partial charge in [0.2, 0.25) is 11.8 Å². The minimum atomic E-state index is -0.185. The van der Waals surface area contributed by atoms with Crippen molar-refractivity contribution in [2.45, 2.75) is 19.3 Å². The lowest BCUT2D eigenvalue weighted by molar-refractivity contribution is -0.117. The molecule has 3 amide bonds. The van der Waals surface area contributed by atoms with Gasteiger partial charge in [-0.05, 0) is 36.1 Å². The highest BCUT2D eigenvalue weighted by molar-refractivity contribution is 7.08. The van der Waals surface area contributed by atoms with E-state index in [1.54, 1.807) is 28.5 Å². The van der Waals surface area contributed by atoms with E-state index in [9.17, 15) is 14.4 Å². The summed E-state index contributed by atoms with van der Waals surface area (Å²) < 4.78 is 0. The van der Waals surface area contributed by atoms with Crippen LogP contribution in [0, 0.1) is 0 Å². The number of carbonyl (C=O) groups excluding carboxylic acids is 3. The van der Waals surface area contributed by atoms with Crippen molar-refractivity contribution in [3.8, 4) is 0 Å². The van der Waals surface area contributed by atoms with Crippen LogP contribution in [0.1, 0.15) is 29.6 Å². The fourth-order valence-corrected chi connectivity index (χ4v) is 3.32. The Kier molecular flexibility index (Phi) is 5.45. The maximum absolute atomic E-state index is 12.0. The Morgan fingerprint density at radius 2 is 2.12 bits per heavy atom. The zero-order valence-electron chi connectivity index (χ0n) is 13.7. The monoisotopic (exact) mass is 357 g/mol. The molecule has 1 fully saturated rings. The van der Waals surface area contributed by atoms with Gasteiger partial charge < -0.3 is 15.5 Å². The van der Waals surface area contributed by atoms with Gasteiger partial charge in [0.1, 0.15) is 0 Å². The van der Waals surface area contributed by atoms with Gasteiger partial charge in [0.05, 0.1) is 0 Å². The summed E-state index contributed by atoms with van der Waals surface area (Å²) in [6.07, 6.45) is 1.61. The zero-order valence-corrected chi connectivity index (χ0v) is 14.5. The first kappa shape index (κ1) is 17.2. The van der Waals surface area contributed by atoms with E-state index in [0.717, 1.165) is 12.1 Å². The largest absolute Gasteiger partial charge is 0.351 e. The van der Waals surface area contributed by atoms with E-state index >= 15 is 0 Å². The Hall–Kier alpha value is -2.67. The van der Waals surface area contributed by atoms with Crippen LogP contribution >= 0.6 is 11.3 Å². The number of anilines is 2.